The van der Waals surface area contributed by atoms with Crippen LogP contribution in [0.2, 0.25) is 0 Å². The van der Waals surface area contributed by atoms with Crippen molar-refractivity contribution in [3.63, 3.8) is 0 Å². The molecule has 0 radical (unpaired) electrons. The van der Waals surface area contributed by atoms with E-state index in [2.05, 4.69) is 60.8 Å². The SMILES string of the molecule is C=CC(C)(C)CC/C=C(\CO)C(=O)OC1C(C)OC(O[C@](C)(C=C)CC/C=C(\CO)C(=O)OC2CC3(C(=O)OC)C(O)CC4(C)C(=CCC5C6(C)CCC(C)C(C)(C)C6CCC54C)C3CC2(C)C)C(O)C1O. The Morgan fingerprint density at radius 1 is 0.806 bits per heavy atom. The molecule has 13 nitrogen and oxygen atoms in total. The first-order valence-electron chi connectivity index (χ1n) is 26.9. The number of carbonyl (C=O) groups is 3. The van der Waals surface area contributed by atoms with Gasteiger partial charge in [0.2, 0.25) is 0 Å². The van der Waals surface area contributed by atoms with Gasteiger partial charge in [0.1, 0.15) is 23.7 Å². The van der Waals surface area contributed by atoms with Crippen LogP contribution in [-0.4, -0.2) is 112 Å². The van der Waals surface area contributed by atoms with Crippen LogP contribution in [0.25, 0.3) is 0 Å². The minimum Gasteiger partial charge on any atom is -0.468 e. The third-order valence-electron chi connectivity index (χ3n) is 20.7. The number of methoxy groups -OCH3 is 1. The molecule has 4 saturated carbocycles. The maximum absolute atomic E-state index is 14.4. The van der Waals surface area contributed by atoms with Crippen molar-refractivity contribution in [1.82, 2.24) is 0 Å². The fraction of sp³-hybridized carbons (Fsp3) is 0.780. The molecule has 0 aromatic carbocycles. The predicted octanol–water partition coefficient (Wildman–Crippen LogP) is 9.04. The van der Waals surface area contributed by atoms with E-state index >= 15 is 0 Å². The van der Waals surface area contributed by atoms with Gasteiger partial charge in [0.15, 0.2) is 12.4 Å². The lowest BCUT2D eigenvalue weighted by molar-refractivity contribution is -0.314. The van der Waals surface area contributed by atoms with Crippen molar-refractivity contribution in [2.24, 2.45) is 61.6 Å². The van der Waals surface area contributed by atoms with Gasteiger partial charge in [-0.1, -0.05) is 105 Å². The van der Waals surface area contributed by atoms with Gasteiger partial charge in [-0.15, -0.1) is 13.2 Å². The fourth-order valence-corrected chi connectivity index (χ4v) is 15.1. The van der Waals surface area contributed by atoms with Crippen molar-refractivity contribution in [2.45, 2.75) is 209 Å². The summed E-state index contributed by atoms with van der Waals surface area (Å²) in [5.41, 5.74) is -2.13. The predicted molar refractivity (Wildman–Crippen MR) is 276 cm³/mol. The van der Waals surface area contributed by atoms with Crippen LogP contribution in [0.3, 0.4) is 0 Å². The summed E-state index contributed by atoms with van der Waals surface area (Å²) in [6.07, 6.45) is 8.33. The Kier molecular flexibility index (Phi) is 17.0. The van der Waals surface area contributed by atoms with E-state index in [4.69, 9.17) is 23.7 Å². The van der Waals surface area contributed by atoms with Crippen LogP contribution in [0.1, 0.15) is 160 Å². The summed E-state index contributed by atoms with van der Waals surface area (Å²) in [7, 11) is 1.36. The molecule has 406 valence electrons. The van der Waals surface area contributed by atoms with Crippen molar-refractivity contribution < 1.29 is 63.6 Å². The zero-order valence-electron chi connectivity index (χ0n) is 46.1. The van der Waals surface area contributed by atoms with Crippen molar-refractivity contribution in [2.75, 3.05) is 20.3 Å². The average molecular weight is 1010 g/mol. The number of esters is 3. The van der Waals surface area contributed by atoms with Crippen LogP contribution in [0.4, 0.5) is 0 Å². The minimum atomic E-state index is -1.64. The summed E-state index contributed by atoms with van der Waals surface area (Å²) in [6, 6.07) is 0. The highest BCUT2D eigenvalue weighted by Gasteiger charge is 2.72. The van der Waals surface area contributed by atoms with E-state index < -0.39 is 90.5 Å². The van der Waals surface area contributed by atoms with Gasteiger partial charge in [-0.3, -0.25) is 4.79 Å². The number of allylic oxidation sites excluding steroid dienone is 5. The molecule has 0 spiro atoms. The maximum atomic E-state index is 14.4. The highest BCUT2D eigenvalue weighted by Crippen LogP contribution is 2.76. The third-order valence-corrected chi connectivity index (χ3v) is 20.7. The summed E-state index contributed by atoms with van der Waals surface area (Å²) in [5, 5.41) is 55.5. The van der Waals surface area contributed by atoms with Crippen LogP contribution in [0.15, 0.2) is 60.3 Å². The van der Waals surface area contributed by atoms with E-state index in [1.807, 2.05) is 33.8 Å². The van der Waals surface area contributed by atoms with E-state index in [9.17, 15) is 39.9 Å². The van der Waals surface area contributed by atoms with Gasteiger partial charge in [-0.05, 0) is 135 Å². The minimum absolute atomic E-state index is 0.00456. The quantitative estimate of drug-likeness (QED) is 0.0401. The second-order valence-corrected chi connectivity index (χ2v) is 25.9. The Morgan fingerprint density at radius 3 is 2.00 bits per heavy atom. The summed E-state index contributed by atoms with van der Waals surface area (Å²) in [4.78, 5) is 41.5. The Labute approximate surface area is 430 Å². The molecule has 1 saturated heterocycles. The molecule has 5 aliphatic carbocycles. The van der Waals surface area contributed by atoms with Gasteiger partial charge < -0.3 is 49.2 Å². The third kappa shape index (κ3) is 10.2. The van der Waals surface area contributed by atoms with Gasteiger partial charge in [-0.2, -0.15) is 0 Å². The van der Waals surface area contributed by atoms with Gasteiger partial charge in [0, 0.05) is 11.8 Å². The highest BCUT2D eigenvalue weighted by molar-refractivity contribution is 5.89. The lowest BCUT2D eigenvalue weighted by Gasteiger charge is -2.72. The normalized spacial score (nSPS) is 40.4. The van der Waals surface area contributed by atoms with E-state index in [1.54, 1.807) is 26.0 Å². The average Bonchev–Trinajstić information content (AvgIpc) is 3.31. The van der Waals surface area contributed by atoms with E-state index in [1.165, 1.54) is 31.6 Å². The molecule has 5 N–H and O–H groups in total. The zero-order chi connectivity index (χ0) is 53.8. The van der Waals surface area contributed by atoms with Gasteiger partial charge in [-0.25, -0.2) is 9.59 Å². The lowest BCUT2D eigenvalue weighted by Crippen LogP contribution is -2.68. The van der Waals surface area contributed by atoms with Crippen LogP contribution >= 0.6 is 0 Å². The number of ether oxygens (including phenoxy) is 5. The number of hydrogen-bond donors (Lipinski definition) is 5. The van der Waals surface area contributed by atoms with Crippen molar-refractivity contribution in [3.05, 3.63) is 60.3 Å². The largest absolute Gasteiger partial charge is 0.468 e. The molecule has 0 amide bonds. The van der Waals surface area contributed by atoms with Crippen molar-refractivity contribution >= 4 is 17.9 Å². The molecule has 16 atom stereocenters. The number of fused-ring (bicyclic) bond motifs is 7. The number of carbonyl (C=O) groups excluding carboxylic acids is 3. The van der Waals surface area contributed by atoms with Gasteiger partial charge >= 0.3 is 17.9 Å². The number of rotatable bonds is 17. The Balaban J connectivity index is 1.14. The second-order valence-electron chi connectivity index (χ2n) is 25.9. The van der Waals surface area contributed by atoms with Gasteiger partial charge in [0.05, 0.1) is 49.3 Å². The summed E-state index contributed by atoms with van der Waals surface area (Å²) >= 11 is 0. The standard InChI is InChI=1S/C59H92O13/c1-16-52(5,6)26-18-20-38(34-61)49(66)71-47-36(4)69-50(46(64)45(47)63)72-55(11,17-2)27-19-21-37(33-60)48(65)70-44-32-59(51(67)68-15)40(30-53(44,7)8)39-22-23-42-56(12)28-24-35(3)54(9,10)41(56)25-29-57(42,13)58(39,14)31-43(59)62/h16-17,20-22,35-36,40-47,50,60-64H,1-2,18-19,23-34H2,3-15H3/b37-21+,38-20+/t35?,36?,40?,41?,42?,43?,44?,45?,46?,47?,50?,55-,56?,57?,58?,59?/m1/s1. The molecule has 6 rings (SSSR count). The Morgan fingerprint density at radius 2 is 1.42 bits per heavy atom. The monoisotopic (exact) mass is 1010 g/mol. The van der Waals surface area contributed by atoms with E-state index in [0.717, 1.165) is 19.3 Å². The van der Waals surface area contributed by atoms with Crippen molar-refractivity contribution in [3.8, 4) is 0 Å². The van der Waals surface area contributed by atoms with E-state index in [0.29, 0.717) is 43.4 Å². The number of aliphatic hydroxyl groups excluding tert-OH is 5. The number of hydrogen-bond acceptors (Lipinski definition) is 13. The van der Waals surface area contributed by atoms with Crippen LogP contribution in [0, 0.1) is 61.6 Å². The first kappa shape index (κ1) is 58.1. The molecular weight excluding hydrogens is 917 g/mol. The zero-order valence-corrected chi connectivity index (χ0v) is 46.1. The van der Waals surface area contributed by atoms with Crippen LogP contribution < -0.4 is 0 Å². The molecule has 72 heavy (non-hydrogen) atoms. The van der Waals surface area contributed by atoms with E-state index in [-0.39, 0.29) is 63.4 Å². The molecular formula is C59H92O13. The summed E-state index contributed by atoms with van der Waals surface area (Å²) in [5.74, 6) is -0.712. The first-order chi connectivity index (χ1) is 33.4. The Hall–Kier alpha value is -3.17. The Bertz CT molecular complexity index is 2140. The topological polar surface area (TPSA) is 199 Å². The molecule has 0 aromatic rings. The van der Waals surface area contributed by atoms with Crippen LogP contribution in [0.5, 0.6) is 0 Å². The lowest BCUT2D eigenvalue weighted by atomic mass is 9.33. The first-order valence-corrected chi connectivity index (χ1v) is 26.9. The molecule has 1 heterocycles. The fourth-order valence-electron chi connectivity index (χ4n) is 15.1. The molecule has 6 aliphatic rings. The summed E-state index contributed by atoms with van der Waals surface area (Å²) < 4.78 is 29.6. The molecule has 13 heteroatoms. The summed E-state index contributed by atoms with van der Waals surface area (Å²) in [6.45, 7) is 32.7. The van der Waals surface area contributed by atoms with Crippen molar-refractivity contribution in [1.29, 1.82) is 0 Å². The molecule has 0 bridgehead atoms. The maximum Gasteiger partial charge on any atom is 0.336 e. The second kappa shape index (κ2) is 21.1. The molecule has 1 aliphatic heterocycles. The van der Waals surface area contributed by atoms with Crippen LogP contribution in [-0.2, 0) is 38.1 Å². The number of aliphatic hydroxyl groups is 5. The molecule has 15 unspecified atom stereocenters. The molecule has 5 fully saturated rings. The smallest absolute Gasteiger partial charge is 0.336 e. The van der Waals surface area contributed by atoms with Gasteiger partial charge in [0.25, 0.3) is 0 Å². The highest BCUT2D eigenvalue weighted by atomic mass is 16.7. The molecule has 0 aromatic heterocycles.